The maximum atomic E-state index is 12.6. The highest BCUT2D eigenvalue weighted by atomic mass is 19.4. The predicted molar refractivity (Wildman–Crippen MR) is 58.6 cm³/mol. The highest BCUT2D eigenvalue weighted by Gasteiger charge is 2.36. The van der Waals surface area contributed by atoms with Crippen LogP contribution in [0.2, 0.25) is 0 Å². The second-order valence-electron chi connectivity index (χ2n) is 4.25. The first-order valence-electron chi connectivity index (χ1n) is 5.71. The van der Waals surface area contributed by atoms with Crippen LogP contribution in [0.5, 0.6) is 0 Å². The molecule has 0 amide bonds. The lowest BCUT2D eigenvalue weighted by molar-refractivity contribution is -0.149. The van der Waals surface area contributed by atoms with Crippen molar-refractivity contribution in [1.29, 1.82) is 0 Å². The maximum Gasteiger partial charge on any atom is 0.391 e. The number of rotatable bonds is 3. The molecule has 0 spiro atoms. The summed E-state index contributed by atoms with van der Waals surface area (Å²) >= 11 is 0. The Morgan fingerprint density at radius 2 is 2.00 bits per heavy atom. The standard InChI is InChI=1S/C11H16F3N3/c12-11(13,14)8-10(9-2-1-3-16-9)17-6-4-15-5-7-17/h1-3,10,15-16H,4-8H2/t10-/m0/s1. The van der Waals surface area contributed by atoms with E-state index in [2.05, 4.69) is 10.3 Å². The number of hydrogen-bond donors (Lipinski definition) is 2. The quantitative estimate of drug-likeness (QED) is 0.855. The summed E-state index contributed by atoms with van der Waals surface area (Å²) in [6, 6.07) is 2.87. The van der Waals surface area contributed by atoms with Crippen molar-refractivity contribution in [2.45, 2.75) is 18.6 Å². The lowest BCUT2D eigenvalue weighted by Crippen LogP contribution is -2.46. The number of aromatic amines is 1. The number of aromatic nitrogens is 1. The number of hydrogen-bond acceptors (Lipinski definition) is 2. The Balaban J connectivity index is 2.12. The molecule has 0 unspecified atom stereocenters. The summed E-state index contributed by atoms with van der Waals surface area (Å²) in [5.74, 6) is 0. The summed E-state index contributed by atoms with van der Waals surface area (Å²) in [6.07, 6.45) is -3.27. The van der Waals surface area contributed by atoms with Gasteiger partial charge in [-0.15, -0.1) is 0 Å². The molecule has 1 aliphatic rings. The molecule has 2 rings (SSSR count). The largest absolute Gasteiger partial charge is 0.391 e. The molecule has 1 atom stereocenters. The van der Waals surface area contributed by atoms with Crippen molar-refractivity contribution >= 4 is 0 Å². The van der Waals surface area contributed by atoms with E-state index in [1.807, 2.05) is 4.90 Å². The predicted octanol–water partition coefficient (Wildman–Crippen LogP) is 1.91. The first kappa shape index (κ1) is 12.4. The fraction of sp³-hybridized carbons (Fsp3) is 0.636. The molecule has 17 heavy (non-hydrogen) atoms. The van der Waals surface area contributed by atoms with Crippen molar-refractivity contribution in [3.63, 3.8) is 0 Å². The van der Waals surface area contributed by atoms with Crippen molar-refractivity contribution < 1.29 is 13.2 Å². The lowest BCUT2D eigenvalue weighted by atomic mass is 10.1. The van der Waals surface area contributed by atoms with Gasteiger partial charge in [0.25, 0.3) is 0 Å². The number of piperazine rings is 1. The number of halogens is 3. The van der Waals surface area contributed by atoms with E-state index in [9.17, 15) is 13.2 Å². The van der Waals surface area contributed by atoms with Crippen LogP contribution < -0.4 is 5.32 Å². The minimum absolute atomic E-state index is 0.591. The van der Waals surface area contributed by atoms with Gasteiger partial charge in [-0.25, -0.2) is 0 Å². The van der Waals surface area contributed by atoms with E-state index in [-0.39, 0.29) is 0 Å². The molecule has 0 aromatic carbocycles. The van der Waals surface area contributed by atoms with Crippen LogP contribution in [-0.4, -0.2) is 42.2 Å². The summed E-state index contributed by atoms with van der Waals surface area (Å²) in [6.45, 7) is 2.80. The molecule has 1 saturated heterocycles. The summed E-state index contributed by atoms with van der Waals surface area (Å²) in [7, 11) is 0. The maximum absolute atomic E-state index is 12.6. The van der Waals surface area contributed by atoms with Gasteiger partial charge in [-0.2, -0.15) is 13.2 Å². The summed E-state index contributed by atoms with van der Waals surface area (Å²) in [4.78, 5) is 4.78. The third-order valence-corrected chi connectivity index (χ3v) is 3.00. The van der Waals surface area contributed by atoms with Crippen LogP contribution in [0.4, 0.5) is 13.2 Å². The van der Waals surface area contributed by atoms with E-state index >= 15 is 0 Å². The third-order valence-electron chi connectivity index (χ3n) is 3.00. The van der Waals surface area contributed by atoms with Crippen molar-refractivity contribution in [2.75, 3.05) is 26.2 Å². The van der Waals surface area contributed by atoms with Crippen molar-refractivity contribution in [3.8, 4) is 0 Å². The van der Waals surface area contributed by atoms with Crippen molar-refractivity contribution in [2.24, 2.45) is 0 Å². The average molecular weight is 247 g/mol. The van der Waals surface area contributed by atoms with Gasteiger partial charge in [-0.05, 0) is 12.1 Å². The van der Waals surface area contributed by atoms with Crippen LogP contribution in [0.3, 0.4) is 0 Å². The summed E-state index contributed by atoms with van der Waals surface area (Å²) < 4.78 is 37.8. The Labute approximate surface area is 98.0 Å². The molecule has 0 aliphatic carbocycles. The zero-order chi connectivity index (χ0) is 12.3. The number of H-pyrrole nitrogens is 1. The van der Waals surface area contributed by atoms with Gasteiger partial charge in [0.05, 0.1) is 12.5 Å². The van der Waals surface area contributed by atoms with Crippen LogP contribution in [0.1, 0.15) is 18.2 Å². The van der Waals surface area contributed by atoms with E-state index in [0.29, 0.717) is 18.8 Å². The second kappa shape index (κ2) is 5.10. The molecular formula is C11H16F3N3. The van der Waals surface area contributed by atoms with Gasteiger partial charge in [0, 0.05) is 38.1 Å². The Hall–Kier alpha value is -1.01. The molecule has 1 aromatic heterocycles. The number of nitrogens with zero attached hydrogens (tertiary/aromatic N) is 1. The van der Waals surface area contributed by atoms with Gasteiger partial charge in [0.2, 0.25) is 0 Å². The van der Waals surface area contributed by atoms with Crippen LogP contribution >= 0.6 is 0 Å². The van der Waals surface area contributed by atoms with Crippen molar-refractivity contribution in [3.05, 3.63) is 24.0 Å². The molecule has 0 bridgehead atoms. The summed E-state index contributed by atoms with van der Waals surface area (Å²) in [5, 5.41) is 3.14. The molecule has 3 nitrogen and oxygen atoms in total. The monoisotopic (exact) mass is 247 g/mol. The molecular weight excluding hydrogens is 231 g/mol. The molecule has 2 heterocycles. The Kier molecular flexibility index (Phi) is 3.73. The second-order valence-corrected chi connectivity index (χ2v) is 4.25. The van der Waals surface area contributed by atoms with Crippen LogP contribution in [0.15, 0.2) is 18.3 Å². The van der Waals surface area contributed by atoms with E-state index in [0.717, 1.165) is 13.1 Å². The van der Waals surface area contributed by atoms with Crippen molar-refractivity contribution in [1.82, 2.24) is 15.2 Å². The van der Waals surface area contributed by atoms with Crippen LogP contribution in [0, 0.1) is 0 Å². The van der Waals surface area contributed by atoms with E-state index in [1.165, 1.54) is 0 Å². The fourth-order valence-corrected chi connectivity index (χ4v) is 2.20. The molecule has 1 aliphatic heterocycles. The Bertz CT molecular complexity index is 328. The minimum Gasteiger partial charge on any atom is -0.364 e. The molecule has 0 saturated carbocycles. The molecule has 1 fully saturated rings. The number of alkyl halides is 3. The average Bonchev–Trinajstić information content (AvgIpc) is 2.79. The molecule has 96 valence electrons. The van der Waals surface area contributed by atoms with Gasteiger partial charge < -0.3 is 10.3 Å². The first-order chi connectivity index (χ1) is 8.06. The van der Waals surface area contributed by atoms with E-state index in [4.69, 9.17) is 0 Å². The van der Waals surface area contributed by atoms with Crippen LogP contribution in [0.25, 0.3) is 0 Å². The minimum atomic E-state index is -4.14. The molecule has 1 aromatic rings. The molecule has 2 N–H and O–H groups in total. The highest BCUT2D eigenvalue weighted by molar-refractivity contribution is 5.10. The SMILES string of the molecule is FC(F)(F)C[C@@H](c1ccc[nH]1)N1CCNCC1. The molecule has 0 radical (unpaired) electrons. The lowest BCUT2D eigenvalue weighted by Gasteiger charge is -2.34. The smallest absolute Gasteiger partial charge is 0.364 e. The fourth-order valence-electron chi connectivity index (χ4n) is 2.20. The Morgan fingerprint density at radius 1 is 1.29 bits per heavy atom. The zero-order valence-corrected chi connectivity index (χ0v) is 9.43. The van der Waals surface area contributed by atoms with Gasteiger partial charge in [0.1, 0.15) is 0 Å². The van der Waals surface area contributed by atoms with E-state index < -0.39 is 18.6 Å². The number of nitrogens with one attached hydrogen (secondary N) is 2. The Morgan fingerprint density at radius 3 is 2.53 bits per heavy atom. The van der Waals surface area contributed by atoms with Gasteiger partial charge in [-0.3, -0.25) is 4.90 Å². The normalized spacial score (nSPS) is 20.4. The van der Waals surface area contributed by atoms with Gasteiger partial charge >= 0.3 is 6.18 Å². The summed E-state index contributed by atoms with van der Waals surface area (Å²) in [5.41, 5.74) is 0.643. The topological polar surface area (TPSA) is 31.1 Å². The van der Waals surface area contributed by atoms with Crippen LogP contribution in [-0.2, 0) is 0 Å². The van der Waals surface area contributed by atoms with Gasteiger partial charge in [-0.1, -0.05) is 0 Å². The molecule has 6 heteroatoms. The van der Waals surface area contributed by atoms with Gasteiger partial charge in [0.15, 0.2) is 0 Å². The zero-order valence-electron chi connectivity index (χ0n) is 9.43. The van der Waals surface area contributed by atoms with E-state index in [1.54, 1.807) is 18.3 Å². The highest BCUT2D eigenvalue weighted by Crippen LogP contribution is 2.33. The first-order valence-corrected chi connectivity index (χ1v) is 5.71. The third kappa shape index (κ3) is 3.47.